The standard InChI is InChI=1S/C21H18N4O2/c1-13(26)14-6-9-16(10-7-14)23-12-25-20(27)19-17-5-3-2-4-15(17)8-11-18(19)24-21(25)22/h2-11,23H,12H2,1H3,(H2,22,24). The fourth-order valence-electron chi connectivity index (χ4n) is 3.15. The molecule has 6 heteroatoms. The van der Waals surface area contributed by atoms with Crippen molar-refractivity contribution in [1.29, 1.82) is 0 Å². The Kier molecular flexibility index (Phi) is 4.08. The van der Waals surface area contributed by atoms with Gasteiger partial charge in [0, 0.05) is 11.3 Å². The molecule has 1 heterocycles. The van der Waals surface area contributed by atoms with Crippen LogP contribution in [0.3, 0.4) is 0 Å². The quantitative estimate of drug-likeness (QED) is 0.431. The van der Waals surface area contributed by atoms with Crippen LogP contribution in [0, 0.1) is 0 Å². The van der Waals surface area contributed by atoms with Gasteiger partial charge in [-0.3, -0.25) is 14.2 Å². The molecule has 3 aromatic carbocycles. The van der Waals surface area contributed by atoms with Gasteiger partial charge >= 0.3 is 0 Å². The van der Waals surface area contributed by atoms with Gasteiger partial charge in [0.2, 0.25) is 5.95 Å². The number of benzene rings is 3. The zero-order valence-electron chi connectivity index (χ0n) is 14.8. The monoisotopic (exact) mass is 358 g/mol. The molecular formula is C21H18N4O2. The van der Waals surface area contributed by atoms with Gasteiger partial charge in [0.25, 0.3) is 5.56 Å². The number of nitrogen functional groups attached to an aromatic ring is 1. The first-order valence-corrected chi connectivity index (χ1v) is 8.57. The summed E-state index contributed by atoms with van der Waals surface area (Å²) >= 11 is 0. The third kappa shape index (κ3) is 3.01. The Labute approximate surface area is 155 Å². The summed E-state index contributed by atoms with van der Waals surface area (Å²) in [4.78, 5) is 28.8. The summed E-state index contributed by atoms with van der Waals surface area (Å²) < 4.78 is 1.41. The van der Waals surface area contributed by atoms with Gasteiger partial charge in [-0.1, -0.05) is 30.3 Å². The van der Waals surface area contributed by atoms with Crippen molar-refractivity contribution in [3.8, 4) is 0 Å². The maximum Gasteiger partial charge on any atom is 0.264 e. The summed E-state index contributed by atoms with van der Waals surface area (Å²) in [6.45, 7) is 1.70. The van der Waals surface area contributed by atoms with E-state index in [1.807, 2.05) is 36.4 Å². The Morgan fingerprint density at radius 3 is 2.56 bits per heavy atom. The van der Waals surface area contributed by atoms with Crippen LogP contribution in [0.5, 0.6) is 0 Å². The third-order valence-corrected chi connectivity index (χ3v) is 4.61. The number of aromatic nitrogens is 2. The van der Waals surface area contributed by atoms with Crippen LogP contribution >= 0.6 is 0 Å². The second-order valence-corrected chi connectivity index (χ2v) is 6.35. The summed E-state index contributed by atoms with van der Waals surface area (Å²) in [5, 5.41) is 5.54. The normalized spacial score (nSPS) is 11.0. The van der Waals surface area contributed by atoms with Gasteiger partial charge in [0.1, 0.15) is 0 Å². The molecular weight excluding hydrogens is 340 g/mol. The van der Waals surface area contributed by atoms with Gasteiger partial charge in [-0.25, -0.2) is 4.98 Å². The van der Waals surface area contributed by atoms with Crippen LogP contribution in [0.1, 0.15) is 17.3 Å². The molecule has 4 aromatic rings. The van der Waals surface area contributed by atoms with Gasteiger partial charge in [-0.05, 0) is 48.0 Å². The number of hydrogen-bond acceptors (Lipinski definition) is 5. The zero-order chi connectivity index (χ0) is 19.0. The number of carbonyl (C=O) groups excluding carboxylic acids is 1. The Balaban J connectivity index is 1.74. The van der Waals surface area contributed by atoms with Crippen molar-refractivity contribution in [2.24, 2.45) is 0 Å². The maximum absolute atomic E-state index is 13.1. The molecule has 0 aliphatic rings. The van der Waals surface area contributed by atoms with Crippen LogP contribution in [-0.2, 0) is 6.67 Å². The lowest BCUT2D eigenvalue weighted by Crippen LogP contribution is -2.27. The molecule has 0 radical (unpaired) electrons. The van der Waals surface area contributed by atoms with E-state index < -0.39 is 0 Å². The average Bonchev–Trinajstić information content (AvgIpc) is 2.67. The predicted octanol–water partition coefficient (Wildman–Crippen LogP) is 3.40. The summed E-state index contributed by atoms with van der Waals surface area (Å²) in [5.74, 6) is 0.156. The smallest absolute Gasteiger partial charge is 0.264 e. The number of nitrogens with zero attached hydrogens (tertiary/aromatic N) is 2. The van der Waals surface area contributed by atoms with Crippen molar-refractivity contribution in [1.82, 2.24) is 9.55 Å². The van der Waals surface area contributed by atoms with Crippen molar-refractivity contribution in [3.05, 3.63) is 76.6 Å². The second-order valence-electron chi connectivity index (χ2n) is 6.35. The van der Waals surface area contributed by atoms with E-state index in [2.05, 4.69) is 10.3 Å². The van der Waals surface area contributed by atoms with E-state index in [9.17, 15) is 9.59 Å². The summed E-state index contributed by atoms with van der Waals surface area (Å²) in [7, 11) is 0. The van der Waals surface area contributed by atoms with E-state index in [0.717, 1.165) is 16.5 Å². The predicted molar refractivity (Wildman–Crippen MR) is 108 cm³/mol. The molecule has 0 saturated heterocycles. The molecule has 0 amide bonds. The molecule has 0 fully saturated rings. The molecule has 4 rings (SSSR count). The van der Waals surface area contributed by atoms with E-state index in [0.29, 0.717) is 16.5 Å². The lowest BCUT2D eigenvalue weighted by molar-refractivity contribution is 0.101. The molecule has 6 nitrogen and oxygen atoms in total. The molecule has 0 saturated carbocycles. The van der Waals surface area contributed by atoms with Gasteiger partial charge < -0.3 is 11.1 Å². The fraction of sp³-hybridized carbons (Fsp3) is 0.0952. The number of carbonyl (C=O) groups is 1. The van der Waals surface area contributed by atoms with Crippen LogP contribution in [0.25, 0.3) is 21.7 Å². The average molecular weight is 358 g/mol. The molecule has 0 unspecified atom stereocenters. The van der Waals surface area contributed by atoms with E-state index in [1.165, 1.54) is 11.5 Å². The molecule has 134 valence electrons. The largest absolute Gasteiger partial charge is 0.369 e. The van der Waals surface area contributed by atoms with Gasteiger partial charge in [-0.15, -0.1) is 0 Å². The number of hydrogen-bond donors (Lipinski definition) is 2. The number of fused-ring (bicyclic) bond motifs is 3. The number of nitrogens with one attached hydrogen (secondary N) is 1. The highest BCUT2D eigenvalue weighted by molar-refractivity contribution is 6.05. The lowest BCUT2D eigenvalue weighted by atomic mass is 10.1. The van der Waals surface area contributed by atoms with Crippen molar-refractivity contribution >= 4 is 39.1 Å². The fourth-order valence-corrected chi connectivity index (χ4v) is 3.15. The third-order valence-electron chi connectivity index (χ3n) is 4.61. The van der Waals surface area contributed by atoms with Gasteiger partial charge in [0.15, 0.2) is 5.78 Å². The van der Waals surface area contributed by atoms with Crippen molar-refractivity contribution in [2.75, 3.05) is 11.1 Å². The Morgan fingerprint density at radius 2 is 1.81 bits per heavy atom. The SMILES string of the molecule is CC(=O)c1ccc(NCn2c(N)nc3ccc4ccccc4c3c2=O)cc1. The van der Waals surface area contributed by atoms with Crippen LogP contribution < -0.4 is 16.6 Å². The molecule has 27 heavy (non-hydrogen) atoms. The number of ketones is 1. The number of nitrogens with two attached hydrogens (primary N) is 1. The molecule has 0 bridgehead atoms. The molecule has 0 spiro atoms. The highest BCUT2D eigenvalue weighted by Crippen LogP contribution is 2.22. The minimum Gasteiger partial charge on any atom is -0.369 e. The lowest BCUT2D eigenvalue weighted by Gasteiger charge is -2.13. The van der Waals surface area contributed by atoms with Crippen LogP contribution in [0.4, 0.5) is 11.6 Å². The molecule has 0 aliphatic heterocycles. The highest BCUT2D eigenvalue weighted by Gasteiger charge is 2.11. The Morgan fingerprint density at radius 1 is 1.07 bits per heavy atom. The van der Waals surface area contributed by atoms with Crippen LogP contribution in [0.2, 0.25) is 0 Å². The summed E-state index contributed by atoms with van der Waals surface area (Å²) in [5.41, 5.74) is 7.83. The second kappa shape index (κ2) is 6.57. The first-order valence-electron chi connectivity index (χ1n) is 8.57. The van der Waals surface area contributed by atoms with Crippen molar-refractivity contribution < 1.29 is 4.79 Å². The minimum atomic E-state index is -0.192. The first-order chi connectivity index (χ1) is 13.0. The Bertz CT molecular complexity index is 1230. The zero-order valence-corrected chi connectivity index (χ0v) is 14.8. The summed E-state index contributed by atoms with van der Waals surface area (Å²) in [6.07, 6.45) is 0. The van der Waals surface area contributed by atoms with Crippen LogP contribution in [-0.4, -0.2) is 15.3 Å². The molecule has 1 aromatic heterocycles. The van der Waals surface area contributed by atoms with Gasteiger partial charge in [-0.2, -0.15) is 0 Å². The highest BCUT2D eigenvalue weighted by atomic mass is 16.1. The molecule has 0 atom stereocenters. The number of Topliss-reactive ketones (excluding diaryl/α,β-unsaturated/α-hetero) is 1. The van der Waals surface area contributed by atoms with Crippen LogP contribution in [0.15, 0.2) is 65.5 Å². The van der Waals surface area contributed by atoms with Crippen molar-refractivity contribution in [3.63, 3.8) is 0 Å². The molecule has 3 N–H and O–H groups in total. The van der Waals surface area contributed by atoms with Crippen molar-refractivity contribution in [2.45, 2.75) is 13.6 Å². The van der Waals surface area contributed by atoms with E-state index in [4.69, 9.17) is 5.73 Å². The topological polar surface area (TPSA) is 90.0 Å². The Hall–Kier alpha value is -3.67. The number of anilines is 2. The van der Waals surface area contributed by atoms with E-state index in [-0.39, 0.29) is 24.0 Å². The van der Waals surface area contributed by atoms with E-state index >= 15 is 0 Å². The minimum absolute atomic E-state index is 0.00706. The maximum atomic E-state index is 13.1. The van der Waals surface area contributed by atoms with E-state index in [1.54, 1.807) is 24.3 Å². The van der Waals surface area contributed by atoms with Gasteiger partial charge in [0.05, 0.1) is 17.6 Å². The number of rotatable bonds is 4. The first kappa shape index (κ1) is 16.8. The molecule has 0 aliphatic carbocycles. The summed E-state index contributed by atoms with van der Waals surface area (Å²) in [6, 6.07) is 18.5.